The second-order valence-corrected chi connectivity index (χ2v) is 2.69. The summed E-state index contributed by atoms with van der Waals surface area (Å²) in [5, 5.41) is 0. The van der Waals surface area contributed by atoms with Crippen molar-refractivity contribution in [1.82, 2.24) is 9.55 Å². The van der Waals surface area contributed by atoms with Gasteiger partial charge in [-0.2, -0.15) is 0 Å². The minimum absolute atomic E-state index is 0.632. The fraction of sp³-hybridized carbons (Fsp3) is 0.500. The zero-order chi connectivity index (χ0) is 8.97. The van der Waals surface area contributed by atoms with E-state index >= 15 is 0 Å². The van der Waals surface area contributed by atoms with Crippen LogP contribution in [0.1, 0.15) is 12.7 Å². The van der Waals surface area contributed by atoms with E-state index in [4.69, 9.17) is 5.73 Å². The average molecular weight is 166 g/mol. The molecule has 0 bridgehead atoms. The van der Waals surface area contributed by atoms with Crippen LogP contribution < -0.4 is 5.73 Å². The summed E-state index contributed by atoms with van der Waals surface area (Å²) in [6.07, 6.45) is 3.73. The van der Waals surface area contributed by atoms with Crippen LogP contribution in [0.3, 0.4) is 0 Å². The Labute approximate surface area is 72.1 Å². The van der Waals surface area contributed by atoms with Crippen molar-refractivity contribution in [3.8, 4) is 0 Å². The van der Waals surface area contributed by atoms with E-state index in [1.807, 2.05) is 17.7 Å². The Morgan fingerprint density at radius 1 is 1.75 bits per heavy atom. The Kier molecular flexibility index (Phi) is 2.85. The first-order valence-electron chi connectivity index (χ1n) is 3.94. The molecule has 1 aromatic heterocycles. The quantitative estimate of drug-likeness (QED) is 0.527. The van der Waals surface area contributed by atoms with Gasteiger partial charge in [-0.3, -0.25) is 4.99 Å². The first-order chi connectivity index (χ1) is 5.70. The number of amidine groups is 1. The summed E-state index contributed by atoms with van der Waals surface area (Å²) in [5.74, 6) is 1.65. The van der Waals surface area contributed by atoms with Crippen molar-refractivity contribution in [2.75, 3.05) is 6.54 Å². The third kappa shape index (κ3) is 2.38. The van der Waals surface area contributed by atoms with Gasteiger partial charge in [0.05, 0.1) is 12.4 Å². The number of rotatable bonds is 3. The maximum absolute atomic E-state index is 5.40. The molecule has 12 heavy (non-hydrogen) atoms. The minimum atomic E-state index is 0.632. The van der Waals surface area contributed by atoms with Crippen LogP contribution >= 0.6 is 0 Å². The summed E-state index contributed by atoms with van der Waals surface area (Å²) in [6.45, 7) is 5.33. The molecule has 66 valence electrons. The second-order valence-electron chi connectivity index (χ2n) is 2.69. The molecule has 0 saturated heterocycles. The van der Waals surface area contributed by atoms with Crippen LogP contribution in [0.2, 0.25) is 0 Å². The monoisotopic (exact) mass is 166 g/mol. The van der Waals surface area contributed by atoms with E-state index < -0.39 is 0 Å². The van der Waals surface area contributed by atoms with Gasteiger partial charge < -0.3 is 10.3 Å². The molecular formula is C8H14N4. The Balaban J connectivity index is 2.44. The third-order valence-corrected chi connectivity index (χ3v) is 1.63. The number of imidazole rings is 1. The van der Waals surface area contributed by atoms with E-state index in [-0.39, 0.29) is 0 Å². The van der Waals surface area contributed by atoms with Crippen LogP contribution in [0.5, 0.6) is 0 Å². The lowest BCUT2D eigenvalue weighted by Crippen LogP contribution is -2.09. The summed E-state index contributed by atoms with van der Waals surface area (Å²) in [7, 11) is 0. The van der Waals surface area contributed by atoms with Gasteiger partial charge in [0.1, 0.15) is 5.82 Å². The van der Waals surface area contributed by atoms with Crippen LogP contribution in [0, 0.1) is 6.92 Å². The molecule has 0 unspecified atom stereocenters. The van der Waals surface area contributed by atoms with Crippen molar-refractivity contribution >= 4 is 5.84 Å². The number of aromatic nitrogens is 2. The fourth-order valence-electron chi connectivity index (χ4n) is 0.974. The molecule has 0 aromatic carbocycles. The van der Waals surface area contributed by atoms with Gasteiger partial charge in [-0.05, 0) is 13.8 Å². The zero-order valence-corrected chi connectivity index (χ0v) is 7.49. The summed E-state index contributed by atoms with van der Waals surface area (Å²) in [4.78, 5) is 8.18. The first-order valence-corrected chi connectivity index (χ1v) is 3.94. The molecule has 2 N–H and O–H groups in total. The van der Waals surface area contributed by atoms with Crippen molar-refractivity contribution in [1.29, 1.82) is 0 Å². The third-order valence-electron chi connectivity index (χ3n) is 1.63. The normalized spacial score (nSPS) is 12.0. The number of nitrogens with two attached hydrogens (primary N) is 1. The van der Waals surface area contributed by atoms with Crippen molar-refractivity contribution in [2.24, 2.45) is 10.7 Å². The predicted octanol–water partition coefficient (Wildman–Crippen LogP) is 0.569. The van der Waals surface area contributed by atoms with Crippen LogP contribution in [0.4, 0.5) is 0 Å². The van der Waals surface area contributed by atoms with Gasteiger partial charge in [-0.15, -0.1) is 0 Å². The van der Waals surface area contributed by atoms with Crippen LogP contribution in [0.25, 0.3) is 0 Å². The maximum Gasteiger partial charge on any atom is 0.105 e. The Morgan fingerprint density at radius 2 is 2.50 bits per heavy atom. The van der Waals surface area contributed by atoms with Gasteiger partial charge in [0.15, 0.2) is 0 Å². The number of aryl methyl sites for hydroxylation is 1. The maximum atomic E-state index is 5.40. The molecule has 1 aromatic rings. The zero-order valence-electron chi connectivity index (χ0n) is 7.49. The molecular weight excluding hydrogens is 152 g/mol. The van der Waals surface area contributed by atoms with Gasteiger partial charge >= 0.3 is 0 Å². The van der Waals surface area contributed by atoms with Crippen LogP contribution in [-0.4, -0.2) is 21.9 Å². The van der Waals surface area contributed by atoms with Crippen molar-refractivity contribution in [2.45, 2.75) is 20.4 Å². The molecule has 1 heterocycles. The molecule has 4 heteroatoms. The highest BCUT2D eigenvalue weighted by atomic mass is 15.1. The van der Waals surface area contributed by atoms with Gasteiger partial charge in [-0.25, -0.2) is 4.98 Å². The van der Waals surface area contributed by atoms with Crippen LogP contribution in [0.15, 0.2) is 17.4 Å². The van der Waals surface area contributed by atoms with E-state index in [1.165, 1.54) is 0 Å². The molecule has 0 amide bonds. The lowest BCUT2D eigenvalue weighted by Gasteiger charge is -2.01. The molecule has 0 aliphatic rings. The molecule has 0 aliphatic heterocycles. The van der Waals surface area contributed by atoms with E-state index in [2.05, 4.69) is 9.98 Å². The summed E-state index contributed by atoms with van der Waals surface area (Å²) in [5.41, 5.74) is 5.40. The molecule has 0 radical (unpaired) electrons. The number of hydrogen-bond acceptors (Lipinski definition) is 2. The van der Waals surface area contributed by atoms with Crippen molar-refractivity contribution in [3.63, 3.8) is 0 Å². The predicted molar refractivity (Wildman–Crippen MR) is 49.1 cm³/mol. The van der Waals surface area contributed by atoms with Crippen LogP contribution in [-0.2, 0) is 6.54 Å². The van der Waals surface area contributed by atoms with E-state index in [1.54, 1.807) is 13.1 Å². The molecule has 0 atom stereocenters. The molecule has 1 rings (SSSR count). The van der Waals surface area contributed by atoms with Gasteiger partial charge in [-0.1, -0.05) is 0 Å². The molecule has 0 spiro atoms. The molecule has 0 aliphatic carbocycles. The standard InChI is InChI=1S/C8H14N4/c1-7(9)10-3-5-12-6-4-11-8(12)2/h4,6H,3,5H2,1-2H3,(H2,9,10). The number of nitrogens with zero attached hydrogens (tertiary/aromatic N) is 3. The molecule has 0 saturated carbocycles. The molecule has 4 nitrogen and oxygen atoms in total. The largest absolute Gasteiger partial charge is 0.388 e. The molecule has 0 fully saturated rings. The average Bonchev–Trinajstić information content (AvgIpc) is 2.36. The number of aliphatic imine (C=N–C) groups is 1. The van der Waals surface area contributed by atoms with E-state index in [9.17, 15) is 0 Å². The number of hydrogen-bond donors (Lipinski definition) is 1. The Morgan fingerprint density at radius 3 is 3.00 bits per heavy atom. The van der Waals surface area contributed by atoms with Gasteiger partial charge in [0, 0.05) is 18.9 Å². The highest BCUT2D eigenvalue weighted by Crippen LogP contribution is 1.94. The van der Waals surface area contributed by atoms with Gasteiger partial charge in [0.25, 0.3) is 0 Å². The highest BCUT2D eigenvalue weighted by molar-refractivity contribution is 5.77. The van der Waals surface area contributed by atoms with Gasteiger partial charge in [0.2, 0.25) is 0 Å². The van der Waals surface area contributed by atoms with E-state index in [0.717, 1.165) is 18.9 Å². The SMILES string of the molecule is CC(N)=NCCn1ccnc1C. The Bertz CT molecular complexity index is 270. The summed E-state index contributed by atoms with van der Waals surface area (Å²) < 4.78 is 2.05. The Hall–Kier alpha value is -1.32. The summed E-state index contributed by atoms with van der Waals surface area (Å²) in [6, 6.07) is 0. The van der Waals surface area contributed by atoms with Crippen molar-refractivity contribution < 1.29 is 0 Å². The smallest absolute Gasteiger partial charge is 0.105 e. The minimum Gasteiger partial charge on any atom is -0.388 e. The fourth-order valence-corrected chi connectivity index (χ4v) is 0.974. The van der Waals surface area contributed by atoms with Crippen molar-refractivity contribution in [3.05, 3.63) is 18.2 Å². The summed E-state index contributed by atoms with van der Waals surface area (Å²) >= 11 is 0. The van der Waals surface area contributed by atoms with E-state index in [0.29, 0.717) is 5.84 Å². The second kappa shape index (κ2) is 3.90. The highest BCUT2D eigenvalue weighted by Gasteiger charge is 1.93. The topological polar surface area (TPSA) is 56.2 Å². The lowest BCUT2D eigenvalue weighted by molar-refractivity contribution is 0.685. The lowest BCUT2D eigenvalue weighted by atomic mass is 10.5. The first kappa shape index (κ1) is 8.77.